The molecule has 0 aliphatic heterocycles. The van der Waals surface area contributed by atoms with Crippen molar-refractivity contribution in [3.05, 3.63) is 223 Å². The van der Waals surface area contributed by atoms with Crippen molar-refractivity contribution in [1.82, 2.24) is 24.1 Å². The van der Waals surface area contributed by atoms with Gasteiger partial charge in [0, 0.05) is 43.8 Å². The number of fused-ring (bicyclic) bond motifs is 10. The molecule has 0 bridgehead atoms. The first-order valence-corrected chi connectivity index (χ1v) is 22.3. The summed E-state index contributed by atoms with van der Waals surface area (Å²) in [6.07, 6.45) is 0. The smallest absolute Gasteiger partial charge is 0.238 e. The van der Waals surface area contributed by atoms with Gasteiger partial charge in [0.05, 0.1) is 22.1 Å². The van der Waals surface area contributed by atoms with Crippen LogP contribution in [0.5, 0.6) is 0 Å². The van der Waals surface area contributed by atoms with Crippen LogP contribution >= 0.6 is 0 Å². The van der Waals surface area contributed by atoms with Crippen molar-refractivity contribution in [2.45, 2.75) is 19.3 Å². The largest absolute Gasteiger partial charge is 0.307 e. The summed E-state index contributed by atoms with van der Waals surface area (Å²) < 4.78 is 4.74. The van der Waals surface area contributed by atoms with Crippen LogP contribution in [0.15, 0.2) is 212 Å². The Morgan fingerprint density at radius 3 is 1.46 bits per heavy atom. The molecule has 0 amide bonds. The molecule has 1 aliphatic rings. The van der Waals surface area contributed by atoms with Gasteiger partial charge in [-0.05, 0) is 80.9 Å². The lowest BCUT2D eigenvalue weighted by molar-refractivity contribution is 0.660. The first-order chi connectivity index (χ1) is 32.0. The van der Waals surface area contributed by atoms with Gasteiger partial charge in [-0.25, -0.2) is 4.98 Å². The van der Waals surface area contributed by atoms with E-state index in [0.717, 1.165) is 77.3 Å². The molecule has 0 atom stereocenters. The molecule has 13 rings (SSSR count). The van der Waals surface area contributed by atoms with E-state index >= 15 is 0 Å². The minimum Gasteiger partial charge on any atom is -0.307 e. The van der Waals surface area contributed by atoms with Crippen LogP contribution in [0.4, 0.5) is 0 Å². The number of benzene rings is 9. The second kappa shape index (κ2) is 14.3. The van der Waals surface area contributed by atoms with E-state index in [4.69, 9.17) is 15.0 Å². The maximum Gasteiger partial charge on any atom is 0.238 e. The van der Waals surface area contributed by atoms with E-state index in [1.165, 1.54) is 27.6 Å². The van der Waals surface area contributed by atoms with Crippen LogP contribution < -0.4 is 0 Å². The van der Waals surface area contributed by atoms with Crippen molar-refractivity contribution in [1.29, 1.82) is 0 Å². The molecule has 5 heteroatoms. The van der Waals surface area contributed by atoms with Gasteiger partial charge in [0.15, 0.2) is 11.6 Å². The van der Waals surface area contributed by atoms with Crippen LogP contribution in [0.3, 0.4) is 0 Å². The van der Waals surface area contributed by atoms with E-state index in [0.29, 0.717) is 17.6 Å². The summed E-state index contributed by atoms with van der Waals surface area (Å²) in [5.74, 6) is 1.81. The maximum absolute atomic E-state index is 5.49. The van der Waals surface area contributed by atoms with Gasteiger partial charge in [0.25, 0.3) is 0 Å². The number of nitrogens with zero attached hydrogens (tertiary/aromatic N) is 5. The zero-order valence-electron chi connectivity index (χ0n) is 35.9. The van der Waals surface area contributed by atoms with Gasteiger partial charge < -0.3 is 4.57 Å². The minimum absolute atomic E-state index is 0.112. The fraction of sp³-hybridized carbons (Fsp3) is 0.0500. The van der Waals surface area contributed by atoms with E-state index in [9.17, 15) is 0 Å². The van der Waals surface area contributed by atoms with Crippen molar-refractivity contribution in [3.8, 4) is 67.8 Å². The lowest BCUT2D eigenvalue weighted by atomic mass is 9.82. The summed E-state index contributed by atoms with van der Waals surface area (Å²) in [5.41, 5.74) is 16.9. The number of hydrogen-bond acceptors (Lipinski definition) is 3. The van der Waals surface area contributed by atoms with Gasteiger partial charge >= 0.3 is 0 Å². The molecule has 0 saturated carbocycles. The first-order valence-electron chi connectivity index (χ1n) is 22.3. The van der Waals surface area contributed by atoms with Gasteiger partial charge in [-0.2, -0.15) is 9.97 Å². The van der Waals surface area contributed by atoms with Crippen LogP contribution in [0.25, 0.3) is 111 Å². The Labute approximate surface area is 376 Å². The number of para-hydroxylation sites is 2. The van der Waals surface area contributed by atoms with Crippen LogP contribution in [0.1, 0.15) is 25.0 Å². The highest BCUT2D eigenvalue weighted by Gasteiger charge is 2.35. The molecular weight excluding hydrogens is 791 g/mol. The summed E-state index contributed by atoms with van der Waals surface area (Å²) in [6.45, 7) is 4.63. The molecule has 306 valence electrons. The second-order valence-electron chi connectivity index (χ2n) is 17.6. The van der Waals surface area contributed by atoms with Crippen molar-refractivity contribution in [3.63, 3.8) is 0 Å². The normalized spacial score (nSPS) is 12.9. The van der Waals surface area contributed by atoms with E-state index < -0.39 is 0 Å². The topological polar surface area (TPSA) is 48.5 Å². The van der Waals surface area contributed by atoms with Crippen LogP contribution in [0, 0.1) is 0 Å². The monoisotopic (exact) mass is 831 g/mol. The van der Waals surface area contributed by atoms with Crippen molar-refractivity contribution in [2.75, 3.05) is 0 Å². The number of hydrogen-bond donors (Lipinski definition) is 0. The van der Waals surface area contributed by atoms with E-state index in [1.807, 2.05) is 18.2 Å². The van der Waals surface area contributed by atoms with Gasteiger partial charge in [-0.15, -0.1) is 0 Å². The number of rotatable bonds is 6. The Hall–Kier alpha value is -8.41. The molecule has 65 heavy (non-hydrogen) atoms. The van der Waals surface area contributed by atoms with E-state index in [1.54, 1.807) is 0 Å². The molecule has 3 aromatic heterocycles. The SMILES string of the molecule is CC1(C)c2ccccc2-c2cc(-c3nc(-c4ccccc4)nc(-n4c5ccccc5c5ccc6c7ccccc7n(-c7cc(-c8ccccc8)cc(-c8ccccc8)c7)c6c54)n3)ccc21. The average Bonchev–Trinajstić information content (AvgIpc) is 3.97. The summed E-state index contributed by atoms with van der Waals surface area (Å²) in [5, 5.41) is 4.58. The fourth-order valence-corrected chi connectivity index (χ4v) is 10.5. The van der Waals surface area contributed by atoms with Gasteiger partial charge in [0.1, 0.15) is 0 Å². The van der Waals surface area contributed by atoms with Gasteiger partial charge in [-0.3, -0.25) is 4.57 Å². The Morgan fingerprint density at radius 2 is 0.831 bits per heavy atom. The lowest BCUT2D eigenvalue weighted by Gasteiger charge is -2.21. The highest BCUT2D eigenvalue weighted by molar-refractivity contribution is 6.23. The Morgan fingerprint density at radius 1 is 0.338 bits per heavy atom. The van der Waals surface area contributed by atoms with Gasteiger partial charge in [-0.1, -0.05) is 190 Å². The summed E-state index contributed by atoms with van der Waals surface area (Å²) in [6, 6.07) is 76.1. The van der Waals surface area contributed by atoms with Crippen LogP contribution in [-0.2, 0) is 5.41 Å². The van der Waals surface area contributed by atoms with Crippen molar-refractivity contribution >= 4 is 43.6 Å². The Bertz CT molecular complexity index is 3790. The zero-order chi connectivity index (χ0) is 43.2. The summed E-state index contributed by atoms with van der Waals surface area (Å²) in [4.78, 5) is 16.2. The van der Waals surface area contributed by atoms with Gasteiger partial charge in [0.2, 0.25) is 5.95 Å². The highest BCUT2D eigenvalue weighted by atomic mass is 15.2. The van der Waals surface area contributed by atoms with E-state index in [2.05, 4.69) is 217 Å². The minimum atomic E-state index is -0.112. The molecule has 0 N–H and O–H groups in total. The number of aromatic nitrogens is 5. The fourth-order valence-electron chi connectivity index (χ4n) is 10.5. The first kappa shape index (κ1) is 37.2. The predicted molar refractivity (Wildman–Crippen MR) is 268 cm³/mol. The third-order valence-corrected chi connectivity index (χ3v) is 13.6. The van der Waals surface area contributed by atoms with Crippen LogP contribution in [-0.4, -0.2) is 24.1 Å². The molecule has 1 aliphatic carbocycles. The third kappa shape index (κ3) is 5.75. The summed E-state index contributed by atoms with van der Waals surface area (Å²) >= 11 is 0. The van der Waals surface area contributed by atoms with E-state index in [-0.39, 0.29) is 5.41 Å². The molecule has 0 spiro atoms. The standard InChI is InChI=1S/C60H41N5/c1-60(2)51-27-15-12-24-45(51)50-37-41(30-33-52(50)60)58-61-57(40-22-10-5-11-23-40)62-59(63-58)65-54-29-17-14-26-47(54)49-32-31-48-46-25-13-16-28-53(46)64(55(48)56(49)65)44-35-42(38-18-6-3-7-19-38)34-43(36-44)39-20-8-4-9-21-39/h3-37H,1-2H3. The summed E-state index contributed by atoms with van der Waals surface area (Å²) in [7, 11) is 0. The molecule has 0 radical (unpaired) electrons. The molecule has 5 nitrogen and oxygen atoms in total. The Kier molecular flexibility index (Phi) is 8.18. The molecule has 0 fully saturated rings. The van der Waals surface area contributed by atoms with Crippen molar-refractivity contribution in [2.24, 2.45) is 0 Å². The molecule has 12 aromatic rings. The lowest BCUT2D eigenvalue weighted by Crippen LogP contribution is -2.14. The quantitative estimate of drug-likeness (QED) is 0.168. The highest BCUT2D eigenvalue weighted by Crippen LogP contribution is 2.50. The molecule has 0 saturated heterocycles. The maximum atomic E-state index is 5.49. The third-order valence-electron chi connectivity index (χ3n) is 13.6. The molecule has 3 heterocycles. The molecule has 9 aromatic carbocycles. The zero-order valence-corrected chi connectivity index (χ0v) is 35.9. The predicted octanol–water partition coefficient (Wildman–Crippen LogP) is 15.0. The molecule has 0 unspecified atom stereocenters. The second-order valence-corrected chi connectivity index (χ2v) is 17.6. The Balaban J connectivity index is 1.13. The van der Waals surface area contributed by atoms with Crippen molar-refractivity contribution < 1.29 is 0 Å². The molecular formula is C60H41N5. The average molecular weight is 832 g/mol. The van der Waals surface area contributed by atoms with Crippen LogP contribution in [0.2, 0.25) is 0 Å².